The molecule has 0 spiro atoms. The fourth-order valence-electron chi connectivity index (χ4n) is 3.29. The molecule has 0 saturated heterocycles. The van der Waals surface area contributed by atoms with Gasteiger partial charge in [0.2, 0.25) is 0 Å². The zero-order valence-electron chi connectivity index (χ0n) is 13.1. The second-order valence-electron chi connectivity index (χ2n) is 6.75. The van der Waals surface area contributed by atoms with Crippen LogP contribution in [-0.4, -0.2) is 5.11 Å². The largest absolute Gasteiger partial charge is 0.385 e. The quantitative estimate of drug-likeness (QED) is 0.799. The van der Waals surface area contributed by atoms with Crippen LogP contribution < -0.4 is 0 Å². The van der Waals surface area contributed by atoms with Gasteiger partial charge in [0, 0.05) is 0 Å². The van der Waals surface area contributed by atoms with Crippen molar-refractivity contribution < 1.29 is 5.11 Å². The SMILES string of the molecule is CC(C)CC(O)(CC(C)C)c1cccc2ccccc12. The molecule has 0 aromatic heterocycles. The summed E-state index contributed by atoms with van der Waals surface area (Å²) in [6, 6.07) is 14.6. The van der Waals surface area contributed by atoms with Crippen molar-refractivity contribution in [3.8, 4) is 0 Å². The number of fused-ring (bicyclic) bond motifs is 1. The van der Waals surface area contributed by atoms with Gasteiger partial charge in [0.15, 0.2) is 0 Å². The van der Waals surface area contributed by atoms with E-state index in [9.17, 15) is 5.11 Å². The summed E-state index contributed by atoms with van der Waals surface area (Å²) in [4.78, 5) is 0. The Kier molecular flexibility index (Phi) is 4.49. The molecule has 0 heterocycles. The lowest BCUT2D eigenvalue weighted by molar-refractivity contribution is -0.00312. The van der Waals surface area contributed by atoms with E-state index in [0.29, 0.717) is 11.8 Å². The van der Waals surface area contributed by atoms with Crippen LogP contribution in [0.3, 0.4) is 0 Å². The third-order valence-corrected chi connectivity index (χ3v) is 3.78. The maximum Gasteiger partial charge on any atom is 0.0907 e. The zero-order chi connectivity index (χ0) is 14.8. The van der Waals surface area contributed by atoms with E-state index in [2.05, 4.69) is 70.2 Å². The molecule has 2 aromatic carbocycles. The monoisotopic (exact) mass is 270 g/mol. The number of aliphatic hydroxyl groups is 1. The highest BCUT2D eigenvalue weighted by atomic mass is 16.3. The van der Waals surface area contributed by atoms with Gasteiger partial charge >= 0.3 is 0 Å². The molecule has 108 valence electrons. The van der Waals surface area contributed by atoms with E-state index >= 15 is 0 Å². The molecule has 2 rings (SSSR count). The van der Waals surface area contributed by atoms with E-state index in [4.69, 9.17) is 0 Å². The molecule has 20 heavy (non-hydrogen) atoms. The van der Waals surface area contributed by atoms with Crippen molar-refractivity contribution in [2.75, 3.05) is 0 Å². The topological polar surface area (TPSA) is 20.2 Å². The Bertz CT molecular complexity index is 553. The summed E-state index contributed by atoms with van der Waals surface area (Å²) in [5.74, 6) is 0.940. The Hall–Kier alpha value is -1.34. The molecule has 0 radical (unpaired) electrons. The minimum Gasteiger partial charge on any atom is -0.385 e. The molecule has 0 aliphatic rings. The van der Waals surface area contributed by atoms with Crippen molar-refractivity contribution in [1.82, 2.24) is 0 Å². The molecule has 0 atom stereocenters. The van der Waals surface area contributed by atoms with Crippen LogP contribution in [0.15, 0.2) is 42.5 Å². The van der Waals surface area contributed by atoms with Crippen molar-refractivity contribution in [2.45, 2.75) is 46.1 Å². The Labute approximate surface area is 122 Å². The molecular formula is C19H26O. The fourth-order valence-corrected chi connectivity index (χ4v) is 3.29. The minimum atomic E-state index is -0.733. The van der Waals surface area contributed by atoms with Crippen molar-refractivity contribution in [2.24, 2.45) is 11.8 Å². The van der Waals surface area contributed by atoms with Crippen LogP contribution >= 0.6 is 0 Å². The van der Waals surface area contributed by atoms with Crippen LogP contribution in [0.25, 0.3) is 10.8 Å². The average molecular weight is 270 g/mol. The van der Waals surface area contributed by atoms with E-state index in [-0.39, 0.29) is 0 Å². The van der Waals surface area contributed by atoms with E-state index < -0.39 is 5.60 Å². The van der Waals surface area contributed by atoms with Gasteiger partial charge in [0.25, 0.3) is 0 Å². The van der Waals surface area contributed by atoms with E-state index in [0.717, 1.165) is 18.4 Å². The summed E-state index contributed by atoms with van der Waals surface area (Å²) in [5.41, 5.74) is 0.349. The van der Waals surface area contributed by atoms with Gasteiger partial charge in [-0.25, -0.2) is 0 Å². The van der Waals surface area contributed by atoms with Gasteiger partial charge in [-0.05, 0) is 41.0 Å². The van der Waals surface area contributed by atoms with Crippen LogP contribution in [-0.2, 0) is 5.60 Å². The third kappa shape index (κ3) is 3.21. The number of benzene rings is 2. The molecule has 0 fully saturated rings. The number of hydrogen-bond donors (Lipinski definition) is 1. The van der Waals surface area contributed by atoms with Gasteiger partial charge in [0.05, 0.1) is 5.60 Å². The summed E-state index contributed by atoms with van der Waals surface area (Å²) in [6.45, 7) is 8.71. The van der Waals surface area contributed by atoms with Crippen LogP contribution in [0.4, 0.5) is 0 Å². The molecule has 0 aliphatic carbocycles. The molecule has 0 saturated carbocycles. The van der Waals surface area contributed by atoms with E-state index in [1.54, 1.807) is 0 Å². The summed E-state index contributed by atoms with van der Waals surface area (Å²) in [5, 5.41) is 13.7. The van der Waals surface area contributed by atoms with Crippen molar-refractivity contribution in [3.63, 3.8) is 0 Å². The minimum absolute atomic E-state index is 0.470. The van der Waals surface area contributed by atoms with E-state index in [1.807, 2.05) is 0 Å². The highest BCUT2D eigenvalue weighted by Gasteiger charge is 2.32. The second kappa shape index (κ2) is 5.97. The van der Waals surface area contributed by atoms with Gasteiger partial charge < -0.3 is 5.11 Å². The molecule has 0 bridgehead atoms. The lowest BCUT2D eigenvalue weighted by Crippen LogP contribution is -2.29. The maximum atomic E-state index is 11.3. The van der Waals surface area contributed by atoms with Gasteiger partial charge in [-0.15, -0.1) is 0 Å². The first-order valence-electron chi connectivity index (χ1n) is 7.63. The predicted molar refractivity (Wildman–Crippen MR) is 86.8 cm³/mol. The third-order valence-electron chi connectivity index (χ3n) is 3.78. The Morgan fingerprint density at radius 1 is 0.850 bits per heavy atom. The van der Waals surface area contributed by atoms with Gasteiger partial charge in [-0.1, -0.05) is 70.2 Å². The average Bonchev–Trinajstić information content (AvgIpc) is 2.36. The molecule has 1 nitrogen and oxygen atoms in total. The van der Waals surface area contributed by atoms with Crippen LogP contribution in [0.5, 0.6) is 0 Å². The molecule has 0 amide bonds. The molecule has 1 heteroatoms. The van der Waals surface area contributed by atoms with Crippen LogP contribution in [0.1, 0.15) is 46.1 Å². The Morgan fingerprint density at radius 2 is 1.40 bits per heavy atom. The molecule has 2 aromatic rings. The lowest BCUT2D eigenvalue weighted by atomic mass is 9.78. The maximum absolute atomic E-state index is 11.3. The van der Waals surface area contributed by atoms with Gasteiger partial charge in [0.1, 0.15) is 0 Å². The Morgan fingerprint density at radius 3 is 2.00 bits per heavy atom. The second-order valence-corrected chi connectivity index (χ2v) is 6.75. The van der Waals surface area contributed by atoms with Gasteiger partial charge in [-0.3, -0.25) is 0 Å². The first-order chi connectivity index (χ1) is 9.42. The summed E-state index contributed by atoms with van der Waals surface area (Å²) in [7, 11) is 0. The van der Waals surface area contributed by atoms with Crippen molar-refractivity contribution in [3.05, 3.63) is 48.0 Å². The van der Waals surface area contributed by atoms with E-state index in [1.165, 1.54) is 10.8 Å². The molecular weight excluding hydrogens is 244 g/mol. The standard InChI is InChI=1S/C19H26O/c1-14(2)12-19(20,13-15(3)4)18-11-7-9-16-8-5-6-10-17(16)18/h5-11,14-15,20H,12-13H2,1-4H3. The summed E-state index contributed by atoms with van der Waals surface area (Å²) >= 11 is 0. The molecule has 1 N–H and O–H groups in total. The van der Waals surface area contributed by atoms with Crippen LogP contribution in [0, 0.1) is 11.8 Å². The fraction of sp³-hybridized carbons (Fsp3) is 0.474. The zero-order valence-corrected chi connectivity index (χ0v) is 13.1. The van der Waals surface area contributed by atoms with Gasteiger partial charge in [-0.2, -0.15) is 0 Å². The lowest BCUT2D eigenvalue weighted by Gasteiger charge is -2.33. The first-order valence-corrected chi connectivity index (χ1v) is 7.63. The first kappa shape index (κ1) is 15.1. The summed E-state index contributed by atoms with van der Waals surface area (Å²) in [6.07, 6.45) is 1.61. The van der Waals surface area contributed by atoms with Crippen LogP contribution in [0.2, 0.25) is 0 Å². The van der Waals surface area contributed by atoms with Crippen molar-refractivity contribution in [1.29, 1.82) is 0 Å². The smallest absolute Gasteiger partial charge is 0.0907 e. The Balaban J connectivity index is 2.56. The summed E-state index contributed by atoms with van der Waals surface area (Å²) < 4.78 is 0. The predicted octanol–water partition coefficient (Wildman–Crippen LogP) is 5.12. The number of rotatable bonds is 5. The highest BCUT2D eigenvalue weighted by Crippen LogP contribution is 2.38. The highest BCUT2D eigenvalue weighted by molar-refractivity contribution is 5.86. The molecule has 0 unspecified atom stereocenters. The molecule has 0 aliphatic heterocycles. The van der Waals surface area contributed by atoms with Crippen molar-refractivity contribution >= 4 is 10.8 Å². The number of hydrogen-bond acceptors (Lipinski definition) is 1. The normalized spacial score (nSPS) is 12.6.